The number of alkyl carbamates (subject to hydrolysis) is 1. The first-order chi connectivity index (χ1) is 12.8. The van der Waals surface area contributed by atoms with Crippen molar-refractivity contribution in [3.05, 3.63) is 35.4 Å². The molecule has 1 aromatic rings. The molecule has 6 nitrogen and oxygen atoms in total. The van der Waals surface area contributed by atoms with E-state index in [0.717, 1.165) is 12.1 Å². The lowest BCUT2D eigenvalue weighted by Gasteiger charge is -2.32. The van der Waals surface area contributed by atoms with E-state index in [0.29, 0.717) is 12.8 Å². The predicted octanol–water partition coefficient (Wildman–Crippen LogP) is 3.52. The minimum absolute atomic E-state index is 0.0869. The van der Waals surface area contributed by atoms with E-state index in [1.54, 1.807) is 20.8 Å². The second kappa shape index (κ2) is 8.28. The standard InChI is InChI=1S/C18H25F3N2O4S/c1-17(2,3)27-16(24)22-15-7-9-23(10-8-15)28(25,26)12-13-5-4-6-14(11-13)18(19,20)21/h4-6,11,15H,7-10,12H2,1-3H3,(H,22,24). The van der Waals surface area contributed by atoms with Crippen LogP contribution < -0.4 is 5.32 Å². The zero-order valence-corrected chi connectivity index (χ0v) is 16.9. The van der Waals surface area contributed by atoms with Crippen molar-refractivity contribution in [2.45, 2.75) is 57.2 Å². The van der Waals surface area contributed by atoms with E-state index in [9.17, 15) is 26.4 Å². The van der Waals surface area contributed by atoms with Gasteiger partial charge in [0.2, 0.25) is 10.0 Å². The molecule has 0 aliphatic carbocycles. The van der Waals surface area contributed by atoms with Gasteiger partial charge >= 0.3 is 12.3 Å². The van der Waals surface area contributed by atoms with Gasteiger partial charge in [-0.1, -0.05) is 18.2 Å². The summed E-state index contributed by atoms with van der Waals surface area (Å²) in [5.41, 5.74) is -1.41. The highest BCUT2D eigenvalue weighted by Crippen LogP contribution is 2.30. The van der Waals surface area contributed by atoms with Crippen molar-refractivity contribution in [1.29, 1.82) is 0 Å². The number of piperidine rings is 1. The van der Waals surface area contributed by atoms with E-state index >= 15 is 0 Å². The van der Waals surface area contributed by atoms with Gasteiger partial charge in [0.1, 0.15) is 5.60 Å². The number of ether oxygens (including phenoxy) is 1. The number of benzene rings is 1. The summed E-state index contributed by atoms with van der Waals surface area (Å²) in [5, 5.41) is 2.71. The van der Waals surface area contributed by atoms with Crippen molar-refractivity contribution in [2.24, 2.45) is 0 Å². The molecule has 1 aliphatic rings. The number of nitrogens with one attached hydrogen (secondary N) is 1. The highest BCUT2D eigenvalue weighted by molar-refractivity contribution is 7.88. The molecule has 1 amide bonds. The van der Waals surface area contributed by atoms with Crippen LogP contribution in [0.25, 0.3) is 0 Å². The third-order valence-corrected chi connectivity index (χ3v) is 6.02. The van der Waals surface area contributed by atoms with Gasteiger partial charge in [0.25, 0.3) is 0 Å². The lowest BCUT2D eigenvalue weighted by molar-refractivity contribution is -0.137. The quantitative estimate of drug-likeness (QED) is 0.806. The van der Waals surface area contributed by atoms with Gasteiger partial charge in [0, 0.05) is 19.1 Å². The molecule has 0 saturated carbocycles. The number of alkyl halides is 3. The lowest BCUT2D eigenvalue weighted by Crippen LogP contribution is -2.47. The largest absolute Gasteiger partial charge is 0.444 e. The summed E-state index contributed by atoms with van der Waals surface area (Å²) in [6.07, 6.45) is -4.27. The van der Waals surface area contributed by atoms with Gasteiger partial charge in [-0.15, -0.1) is 0 Å². The van der Waals surface area contributed by atoms with E-state index in [4.69, 9.17) is 4.74 Å². The summed E-state index contributed by atoms with van der Waals surface area (Å²) >= 11 is 0. The SMILES string of the molecule is CC(C)(C)OC(=O)NC1CCN(S(=O)(=O)Cc2cccc(C(F)(F)F)c2)CC1. The summed E-state index contributed by atoms with van der Waals surface area (Å²) in [5.74, 6) is -0.499. The van der Waals surface area contributed by atoms with Crippen LogP contribution in [0.3, 0.4) is 0 Å². The topological polar surface area (TPSA) is 75.7 Å². The van der Waals surface area contributed by atoms with Crippen molar-refractivity contribution >= 4 is 16.1 Å². The normalized spacial score (nSPS) is 17.4. The van der Waals surface area contributed by atoms with Crippen LogP contribution in [0.15, 0.2) is 24.3 Å². The van der Waals surface area contributed by atoms with Crippen LogP contribution in [0, 0.1) is 0 Å². The molecule has 0 aromatic heterocycles. The molecular weight excluding hydrogens is 397 g/mol. The van der Waals surface area contributed by atoms with Crippen LogP contribution in [-0.2, 0) is 26.7 Å². The Balaban J connectivity index is 1.94. The Labute approximate surface area is 163 Å². The van der Waals surface area contributed by atoms with Crippen molar-refractivity contribution in [2.75, 3.05) is 13.1 Å². The molecule has 0 spiro atoms. The van der Waals surface area contributed by atoms with E-state index in [-0.39, 0.29) is 24.7 Å². The van der Waals surface area contributed by atoms with Crippen molar-refractivity contribution in [1.82, 2.24) is 9.62 Å². The maximum Gasteiger partial charge on any atom is 0.416 e. The minimum atomic E-state index is -4.52. The van der Waals surface area contributed by atoms with Crippen molar-refractivity contribution < 1.29 is 31.1 Å². The first kappa shape index (κ1) is 22.5. The fourth-order valence-corrected chi connectivity index (χ4v) is 4.44. The van der Waals surface area contributed by atoms with Crippen LogP contribution in [0.4, 0.5) is 18.0 Å². The number of hydrogen-bond acceptors (Lipinski definition) is 4. The van der Waals surface area contributed by atoms with Gasteiger partial charge in [0.05, 0.1) is 11.3 Å². The summed E-state index contributed by atoms with van der Waals surface area (Å²) < 4.78 is 70.0. The predicted molar refractivity (Wildman–Crippen MR) is 98.0 cm³/mol. The molecule has 0 unspecified atom stereocenters. The number of nitrogens with zero attached hydrogens (tertiary/aromatic N) is 1. The highest BCUT2D eigenvalue weighted by atomic mass is 32.2. The second-order valence-electron chi connectivity index (χ2n) is 7.77. The average molecular weight is 422 g/mol. The molecule has 2 rings (SSSR count). The molecule has 1 fully saturated rings. The number of carbonyl (C=O) groups is 1. The zero-order valence-electron chi connectivity index (χ0n) is 16.0. The van der Waals surface area contributed by atoms with Gasteiger partial charge in [-0.25, -0.2) is 17.5 Å². The van der Waals surface area contributed by atoms with E-state index in [1.807, 2.05) is 0 Å². The molecule has 158 valence electrons. The Morgan fingerprint density at radius 3 is 2.36 bits per heavy atom. The minimum Gasteiger partial charge on any atom is -0.444 e. The molecule has 0 radical (unpaired) electrons. The number of rotatable bonds is 4. The molecular formula is C18H25F3N2O4S. The van der Waals surface area contributed by atoms with Crippen LogP contribution >= 0.6 is 0 Å². The molecule has 10 heteroatoms. The Morgan fingerprint density at radius 1 is 1.21 bits per heavy atom. The lowest BCUT2D eigenvalue weighted by atomic mass is 10.1. The molecule has 1 heterocycles. The maximum atomic E-state index is 12.8. The van der Waals surface area contributed by atoms with Crippen LogP contribution in [0.1, 0.15) is 44.7 Å². The van der Waals surface area contributed by atoms with Gasteiger partial charge in [-0.05, 0) is 45.2 Å². The van der Waals surface area contributed by atoms with E-state index < -0.39 is 39.2 Å². The molecule has 1 saturated heterocycles. The van der Waals surface area contributed by atoms with Gasteiger partial charge in [0.15, 0.2) is 0 Å². The number of hydrogen-bond donors (Lipinski definition) is 1. The third-order valence-electron chi connectivity index (χ3n) is 4.17. The molecule has 0 bridgehead atoms. The first-order valence-corrected chi connectivity index (χ1v) is 10.5. The fourth-order valence-electron chi connectivity index (χ4n) is 2.89. The monoisotopic (exact) mass is 422 g/mol. The first-order valence-electron chi connectivity index (χ1n) is 8.90. The summed E-state index contributed by atoms with van der Waals surface area (Å²) in [4.78, 5) is 11.8. The molecule has 1 N–H and O–H groups in total. The Hall–Kier alpha value is -1.81. The Bertz CT molecular complexity index is 796. The zero-order chi connectivity index (χ0) is 21.2. The third kappa shape index (κ3) is 6.66. The summed E-state index contributed by atoms with van der Waals surface area (Å²) in [6.45, 7) is 5.60. The number of sulfonamides is 1. The van der Waals surface area contributed by atoms with Crippen LogP contribution in [0.5, 0.6) is 0 Å². The smallest absolute Gasteiger partial charge is 0.416 e. The molecule has 28 heavy (non-hydrogen) atoms. The van der Waals surface area contributed by atoms with Gasteiger partial charge in [-0.2, -0.15) is 13.2 Å². The fraction of sp³-hybridized carbons (Fsp3) is 0.611. The second-order valence-corrected chi connectivity index (χ2v) is 9.74. The highest BCUT2D eigenvalue weighted by Gasteiger charge is 2.32. The van der Waals surface area contributed by atoms with E-state index in [1.165, 1.54) is 16.4 Å². The van der Waals surface area contributed by atoms with Crippen molar-refractivity contribution in [3.8, 4) is 0 Å². The molecule has 1 aromatic carbocycles. The average Bonchev–Trinajstić information content (AvgIpc) is 2.52. The maximum absolute atomic E-state index is 12.8. The number of carbonyl (C=O) groups excluding carboxylic acids is 1. The summed E-state index contributed by atoms with van der Waals surface area (Å²) in [6, 6.07) is 4.11. The van der Waals surface area contributed by atoms with Gasteiger partial charge < -0.3 is 10.1 Å². The Morgan fingerprint density at radius 2 is 1.82 bits per heavy atom. The molecule has 0 atom stereocenters. The van der Waals surface area contributed by atoms with Gasteiger partial charge in [-0.3, -0.25) is 0 Å². The molecule has 1 aliphatic heterocycles. The Kier molecular flexibility index (Phi) is 6.65. The van der Waals surface area contributed by atoms with Crippen molar-refractivity contribution in [3.63, 3.8) is 0 Å². The van der Waals surface area contributed by atoms with Crippen LogP contribution in [-0.4, -0.2) is 43.5 Å². The number of amides is 1. The van der Waals surface area contributed by atoms with E-state index in [2.05, 4.69) is 5.32 Å². The number of halogens is 3. The summed E-state index contributed by atoms with van der Waals surface area (Å²) in [7, 11) is -3.76. The van der Waals surface area contributed by atoms with Crippen LogP contribution in [0.2, 0.25) is 0 Å².